The Kier molecular flexibility index (Phi) is 2.97. The standard InChI is InChI=1S/C13H9BrO/c14-13-11(5-3-9-15)8-7-10-4-1-2-6-12(10)13/h1-9H. The van der Waals surface area contributed by atoms with Crippen molar-refractivity contribution < 1.29 is 4.79 Å². The maximum absolute atomic E-state index is 10.3. The van der Waals surface area contributed by atoms with Crippen molar-refractivity contribution in [3.05, 3.63) is 52.5 Å². The molecule has 0 radical (unpaired) electrons. The quantitative estimate of drug-likeness (QED) is 0.593. The summed E-state index contributed by atoms with van der Waals surface area (Å²) in [7, 11) is 0. The highest BCUT2D eigenvalue weighted by molar-refractivity contribution is 9.10. The van der Waals surface area contributed by atoms with Crippen molar-refractivity contribution in [1.82, 2.24) is 0 Å². The van der Waals surface area contributed by atoms with E-state index >= 15 is 0 Å². The molecule has 0 aliphatic heterocycles. The molecule has 0 aliphatic carbocycles. The molecule has 2 rings (SSSR count). The maximum atomic E-state index is 10.3. The molecular weight excluding hydrogens is 252 g/mol. The fraction of sp³-hybridized carbons (Fsp3) is 0. The van der Waals surface area contributed by atoms with Crippen LogP contribution in [0.3, 0.4) is 0 Å². The molecule has 0 amide bonds. The number of hydrogen-bond donors (Lipinski definition) is 0. The van der Waals surface area contributed by atoms with E-state index in [0.29, 0.717) is 0 Å². The maximum Gasteiger partial charge on any atom is 0.142 e. The van der Waals surface area contributed by atoms with Crippen molar-refractivity contribution in [2.75, 3.05) is 0 Å². The van der Waals surface area contributed by atoms with Crippen LogP contribution in [0.15, 0.2) is 46.9 Å². The third kappa shape index (κ3) is 2.00. The van der Waals surface area contributed by atoms with E-state index in [1.54, 1.807) is 6.08 Å². The third-order valence-corrected chi connectivity index (χ3v) is 3.13. The Morgan fingerprint density at radius 2 is 1.87 bits per heavy atom. The molecule has 0 saturated heterocycles. The lowest BCUT2D eigenvalue weighted by molar-refractivity contribution is -0.104. The van der Waals surface area contributed by atoms with E-state index in [2.05, 4.69) is 28.1 Å². The van der Waals surface area contributed by atoms with Gasteiger partial charge in [-0.25, -0.2) is 0 Å². The van der Waals surface area contributed by atoms with Gasteiger partial charge in [0.05, 0.1) is 0 Å². The summed E-state index contributed by atoms with van der Waals surface area (Å²) in [6.07, 6.45) is 4.07. The van der Waals surface area contributed by atoms with Crippen LogP contribution < -0.4 is 0 Å². The predicted octanol–water partition coefficient (Wildman–Crippen LogP) is 3.81. The second-order valence-electron chi connectivity index (χ2n) is 3.19. The smallest absolute Gasteiger partial charge is 0.142 e. The van der Waals surface area contributed by atoms with Crippen LogP contribution in [0.25, 0.3) is 16.8 Å². The minimum Gasteiger partial charge on any atom is -0.299 e. The number of aldehydes is 1. The zero-order chi connectivity index (χ0) is 10.7. The van der Waals surface area contributed by atoms with Gasteiger partial charge in [-0.3, -0.25) is 4.79 Å². The summed E-state index contributed by atoms with van der Waals surface area (Å²) in [5.74, 6) is 0. The molecule has 0 atom stereocenters. The monoisotopic (exact) mass is 260 g/mol. The molecule has 0 spiro atoms. The topological polar surface area (TPSA) is 17.1 Å². The molecule has 0 fully saturated rings. The average molecular weight is 261 g/mol. The molecule has 1 nitrogen and oxygen atoms in total. The summed E-state index contributed by atoms with van der Waals surface area (Å²) < 4.78 is 1.03. The SMILES string of the molecule is O=CC=Cc1ccc2ccccc2c1Br. The molecule has 2 aromatic carbocycles. The first-order chi connectivity index (χ1) is 7.33. The number of halogens is 1. The molecule has 2 aromatic rings. The molecule has 0 aliphatic rings. The number of carbonyl (C=O) groups is 1. The highest BCUT2D eigenvalue weighted by Crippen LogP contribution is 2.28. The van der Waals surface area contributed by atoms with Gasteiger partial charge in [0, 0.05) is 4.47 Å². The average Bonchev–Trinajstić information content (AvgIpc) is 2.29. The van der Waals surface area contributed by atoms with Crippen LogP contribution in [0.5, 0.6) is 0 Å². The van der Waals surface area contributed by atoms with Gasteiger partial charge in [-0.15, -0.1) is 0 Å². The zero-order valence-electron chi connectivity index (χ0n) is 7.98. The fourth-order valence-electron chi connectivity index (χ4n) is 1.52. The Labute approximate surface area is 96.5 Å². The van der Waals surface area contributed by atoms with Gasteiger partial charge in [0.25, 0.3) is 0 Å². The first-order valence-electron chi connectivity index (χ1n) is 4.62. The largest absolute Gasteiger partial charge is 0.299 e. The van der Waals surface area contributed by atoms with E-state index in [4.69, 9.17) is 0 Å². The normalized spacial score (nSPS) is 11.0. The van der Waals surface area contributed by atoms with Crippen LogP contribution in [0, 0.1) is 0 Å². The number of carbonyl (C=O) groups excluding carboxylic acids is 1. The van der Waals surface area contributed by atoms with E-state index in [9.17, 15) is 4.79 Å². The zero-order valence-corrected chi connectivity index (χ0v) is 9.57. The van der Waals surface area contributed by atoms with Gasteiger partial charge in [-0.05, 0) is 38.3 Å². The van der Waals surface area contributed by atoms with Gasteiger partial charge in [-0.2, -0.15) is 0 Å². The molecule has 0 saturated carbocycles. The van der Waals surface area contributed by atoms with Crippen LogP contribution >= 0.6 is 15.9 Å². The van der Waals surface area contributed by atoms with Crippen LogP contribution in [0.4, 0.5) is 0 Å². The van der Waals surface area contributed by atoms with Crippen molar-refractivity contribution >= 4 is 39.1 Å². The molecule has 2 heteroatoms. The lowest BCUT2D eigenvalue weighted by atomic mass is 10.1. The highest BCUT2D eigenvalue weighted by Gasteiger charge is 2.01. The van der Waals surface area contributed by atoms with Gasteiger partial charge < -0.3 is 0 Å². The summed E-state index contributed by atoms with van der Waals surface area (Å²) in [6.45, 7) is 0. The second-order valence-corrected chi connectivity index (χ2v) is 3.98. The molecule has 0 bridgehead atoms. The summed E-state index contributed by atoms with van der Waals surface area (Å²) in [5.41, 5.74) is 1.01. The van der Waals surface area contributed by atoms with Gasteiger partial charge in [0.1, 0.15) is 6.29 Å². The van der Waals surface area contributed by atoms with Crippen LogP contribution in [0.2, 0.25) is 0 Å². The van der Waals surface area contributed by atoms with E-state index in [1.807, 2.05) is 24.3 Å². The molecule has 0 heterocycles. The number of rotatable bonds is 2. The van der Waals surface area contributed by atoms with Crippen LogP contribution in [-0.2, 0) is 4.79 Å². The third-order valence-electron chi connectivity index (χ3n) is 2.25. The first-order valence-corrected chi connectivity index (χ1v) is 5.41. The van der Waals surface area contributed by atoms with Gasteiger partial charge in [0.15, 0.2) is 0 Å². The van der Waals surface area contributed by atoms with E-state index < -0.39 is 0 Å². The van der Waals surface area contributed by atoms with Crippen LogP contribution in [0.1, 0.15) is 5.56 Å². The van der Waals surface area contributed by atoms with E-state index in [1.165, 1.54) is 11.5 Å². The minimum absolute atomic E-state index is 0.779. The van der Waals surface area contributed by atoms with Gasteiger partial charge in [0.2, 0.25) is 0 Å². The molecular formula is C13H9BrO. The van der Waals surface area contributed by atoms with Crippen molar-refractivity contribution in [1.29, 1.82) is 0 Å². The Morgan fingerprint density at radius 1 is 1.07 bits per heavy atom. The summed E-state index contributed by atoms with van der Waals surface area (Å²) >= 11 is 3.54. The van der Waals surface area contributed by atoms with Crippen molar-refractivity contribution in [2.45, 2.75) is 0 Å². The van der Waals surface area contributed by atoms with Crippen LogP contribution in [-0.4, -0.2) is 6.29 Å². The first kappa shape index (κ1) is 10.1. The lowest BCUT2D eigenvalue weighted by Gasteiger charge is -2.03. The number of fused-ring (bicyclic) bond motifs is 1. The number of allylic oxidation sites excluding steroid dienone is 1. The molecule has 0 unspecified atom stereocenters. The van der Waals surface area contributed by atoms with E-state index in [-0.39, 0.29) is 0 Å². The Bertz CT molecular complexity index is 529. The number of benzene rings is 2. The van der Waals surface area contributed by atoms with Gasteiger partial charge in [-0.1, -0.05) is 42.5 Å². The van der Waals surface area contributed by atoms with Crippen molar-refractivity contribution in [3.8, 4) is 0 Å². The molecule has 0 N–H and O–H groups in total. The molecule has 0 aromatic heterocycles. The Morgan fingerprint density at radius 3 is 2.67 bits per heavy atom. The molecule has 74 valence electrons. The van der Waals surface area contributed by atoms with Gasteiger partial charge >= 0.3 is 0 Å². The Balaban J connectivity index is 2.64. The second kappa shape index (κ2) is 4.41. The predicted molar refractivity (Wildman–Crippen MR) is 66.7 cm³/mol. The lowest BCUT2D eigenvalue weighted by Crippen LogP contribution is -1.79. The van der Waals surface area contributed by atoms with E-state index in [0.717, 1.165) is 21.7 Å². The fourth-order valence-corrected chi connectivity index (χ4v) is 2.15. The molecule has 15 heavy (non-hydrogen) atoms. The Hall–Kier alpha value is -1.41. The number of hydrogen-bond acceptors (Lipinski definition) is 1. The summed E-state index contributed by atoms with van der Waals surface area (Å²) in [4.78, 5) is 10.3. The summed E-state index contributed by atoms with van der Waals surface area (Å²) in [6, 6.07) is 12.2. The highest BCUT2D eigenvalue weighted by atomic mass is 79.9. The summed E-state index contributed by atoms with van der Waals surface area (Å²) in [5, 5.41) is 2.35. The van der Waals surface area contributed by atoms with Crippen molar-refractivity contribution in [2.24, 2.45) is 0 Å². The van der Waals surface area contributed by atoms with Crippen molar-refractivity contribution in [3.63, 3.8) is 0 Å². The minimum atomic E-state index is 0.779.